The number of hydrogen-bond acceptors (Lipinski definition) is 19. The molecule has 0 spiro atoms. The molecule has 4 saturated heterocycles. The molecule has 0 bridgehead atoms. The topological polar surface area (TPSA) is 293 Å². The first kappa shape index (κ1) is 46.4. The minimum Gasteiger partial charge on any atom is -0.462 e. The monoisotopic (exact) mass is 947 g/mol. The van der Waals surface area contributed by atoms with E-state index in [1.165, 1.54) is 26.5 Å². The van der Waals surface area contributed by atoms with Gasteiger partial charge in [-0.25, -0.2) is 44.2 Å². The number of fused-ring (bicyclic) bond motifs is 4. The Labute approximate surface area is 365 Å². The molecule has 8 rings (SSSR count). The molecule has 4 aliphatic heterocycles. The zero-order valence-electron chi connectivity index (χ0n) is 34.9. The van der Waals surface area contributed by atoms with Crippen molar-refractivity contribution < 1.29 is 55.8 Å². The number of aromatic nitrogens is 7. The van der Waals surface area contributed by atoms with Crippen LogP contribution in [-0.4, -0.2) is 118 Å². The highest BCUT2D eigenvalue weighted by Gasteiger charge is 2.61. The molecule has 4 aliphatic rings. The van der Waals surface area contributed by atoms with Gasteiger partial charge in [0.25, 0.3) is 0 Å². The Bertz CT molecular complexity index is 2260. The summed E-state index contributed by atoms with van der Waals surface area (Å²) in [7, 11) is -7.71. The molecule has 23 nitrogen and oxygen atoms in total. The molecule has 4 aromatic heterocycles. The molecule has 8 heterocycles. The summed E-state index contributed by atoms with van der Waals surface area (Å²) in [6.07, 6.45) is 1.01. The van der Waals surface area contributed by atoms with Gasteiger partial charge in [-0.2, -0.15) is 0 Å². The highest BCUT2D eigenvalue weighted by molar-refractivity contribution is 7.52. The normalized spacial score (nSPS) is 34.1. The van der Waals surface area contributed by atoms with E-state index in [1.54, 1.807) is 69.3 Å². The van der Waals surface area contributed by atoms with Crippen LogP contribution in [0.4, 0.5) is 11.5 Å². The molecule has 4 fully saturated rings. The van der Waals surface area contributed by atoms with Gasteiger partial charge >= 0.3 is 27.4 Å². The molecule has 6 N–H and O–H groups in total. The van der Waals surface area contributed by atoms with Crippen molar-refractivity contribution in [2.75, 3.05) is 24.7 Å². The number of esters is 2. The average molecular weight is 949 g/mol. The summed E-state index contributed by atoms with van der Waals surface area (Å²) in [4.78, 5) is 42.9. The van der Waals surface area contributed by atoms with Crippen LogP contribution in [0.15, 0.2) is 31.2 Å². The summed E-state index contributed by atoms with van der Waals surface area (Å²) in [6, 6.07) is -0.171. The van der Waals surface area contributed by atoms with Crippen molar-refractivity contribution >= 4 is 84.5 Å². The molecule has 12 atom stereocenters. The van der Waals surface area contributed by atoms with Gasteiger partial charge in [0.05, 0.1) is 43.8 Å². The number of nitrogens with one attached hydrogen (secondary N) is 2. The van der Waals surface area contributed by atoms with E-state index in [0.717, 1.165) is 0 Å². The van der Waals surface area contributed by atoms with Gasteiger partial charge in [0.15, 0.2) is 29.6 Å². The number of hydrogen-bond donors (Lipinski definition) is 4. The fraction of sp³-hybridized carbons (Fsp3) is 0.629. The van der Waals surface area contributed by atoms with E-state index in [2.05, 4.69) is 35.1 Å². The Balaban J connectivity index is 0.000000186. The van der Waals surface area contributed by atoms with Gasteiger partial charge < -0.3 is 30.4 Å². The van der Waals surface area contributed by atoms with E-state index < -0.39 is 86.1 Å². The molecule has 0 aromatic carbocycles. The molecule has 0 unspecified atom stereocenters. The Morgan fingerprint density at radius 3 is 1.68 bits per heavy atom. The number of halogens is 2. The summed E-state index contributed by atoms with van der Waals surface area (Å²) in [5, 5.41) is 5.22. The standard InChI is InChI=1S/C18H25ClN5O6P.C17H24ClN6O6P/c1-9(2)28-16(25)10(3)23-31(26)27-7-12-14(30-31)18(4,19)17(29-12)24-8-22-13-11(20)5-6-21-15(13)24;1-8(2)28-15(25)9(3)23-31(26)27-5-10-12(30-31)17(4,18)16(29-10)24-7-22-11-13(19)20-6-21-14(11)24/h5-6,8-10,12,14,17H,7H2,1-4H3,(H2,20,21)(H,23,26);6-10,12,16H,5H2,1-4H3,(H,23,26)(H2,19,20,21)/t10-,12-,14-,17-,18-,31+;9-,10-,12-,16-,17-,31-/m11/s1. The molecule has 4 aromatic rings. The quantitative estimate of drug-likeness (QED) is 0.0987. The number of nitrogens with two attached hydrogens (primary N) is 2. The highest BCUT2D eigenvalue weighted by atomic mass is 35.5. The molecular weight excluding hydrogens is 899 g/mol. The van der Waals surface area contributed by atoms with E-state index in [4.69, 9.17) is 71.7 Å². The van der Waals surface area contributed by atoms with Gasteiger partial charge in [-0.1, -0.05) is 0 Å². The molecule has 340 valence electrons. The molecule has 0 aliphatic carbocycles. The number of carbonyl (C=O) groups is 2. The second kappa shape index (κ2) is 17.4. The van der Waals surface area contributed by atoms with E-state index in [1.807, 2.05) is 0 Å². The predicted molar refractivity (Wildman–Crippen MR) is 223 cm³/mol. The first-order valence-corrected chi connectivity index (χ1v) is 23.4. The smallest absolute Gasteiger partial charge is 0.406 e. The first-order chi connectivity index (χ1) is 29.0. The number of pyridine rings is 1. The van der Waals surface area contributed by atoms with Crippen LogP contribution in [0.1, 0.15) is 67.8 Å². The van der Waals surface area contributed by atoms with E-state index in [-0.39, 0.29) is 31.2 Å². The minimum atomic E-state index is -3.86. The first-order valence-electron chi connectivity index (χ1n) is 19.5. The van der Waals surface area contributed by atoms with Crippen LogP contribution in [0.25, 0.3) is 22.3 Å². The third-order valence-corrected chi connectivity index (χ3v) is 14.4. The lowest BCUT2D eigenvalue weighted by Gasteiger charge is -2.36. The zero-order chi connectivity index (χ0) is 45.1. The minimum absolute atomic E-state index is 0.0398. The van der Waals surface area contributed by atoms with Gasteiger partial charge in [0, 0.05) is 6.20 Å². The van der Waals surface area contributed by atoms with Crippen molar-refractivity contribution in [3.63, 3.8) is 0 Å². The number of nitrogens with zero attached hydrogens (tertiary/aromatic N) is 7. The number of nitrogen functional groups attached to an aromatic ring is 2. The largest absolute Gasteiger partial charge is 0.462 e. The summed E-state index contributed by atoms with van der Waals surface area (Å²) in [5.74, 6) is -0.913. The highest BCUT2D eigenvalue weighted by Crippen LogP contribution is 2.59. The van der Waals surface area contributed by atoms with Crippen molar-refractivity contribution in [3.8, 4) is 0 Å². The van der Waals surface area contributed by atoms with Crippen molar-refractivity contribution in [3.05, 3.63) is 31.2 Å². The summed E-state index contributed by atoms with van der Waals surface area (Å²) < 4.78 is 74.5. The van der Waals surface area contributed by atoms with E-state index >= 15 is 0 Å². The molecule has 62 heavy (non-hydrogen) atoms. The van der Waals surface area contributed by atoms with Crippen molar-refractivity contribution in [2.24, 2.45) is 0 Å². The molecule has 0 amide bonds. The van der Waals surface area contributed by atoms with Gasteiger partial charge in [-0.3, -0.25) is 36.8 Å². The zero-order valence-corrected chi connectivity index (χ0v) is 38.2. The lowest BCUT2D eigenvalue weighted by atomic mass is 10.0. The van der Waals surface area contributed by atoms with Crippen LogP contribution >= 0.6 is 38.7 Å². The molecule has 0 saturated carbocycles. The summed E-state index contributed by atoms with van der Waals surface area (Å²) >= 11 is 13.7. The van der Waals surface area contributed by atoms with Gasteiger partial charge in [0.1, 0.15) is 63.6 Å². The van der Waals surface area contributed by atoms with Crippen molar-refractivity contribution in [1.29, 1.82) is 0 Å². The lowest BCUT2D eigenvalue weighted by molar-refractivity contribution is -0.150. The van der Waals surface area contributed by atoms with Crippen LogP contribution in [-0.2, 0) is 55.8 Å². The van der Waals surface area contributed by atoms with Gasteiger partial charge in [-0.05, 0) is 61.5 Å². The van der Waals surface area contributed by atoms with Crippen LogP contribution in [0.3, 0.4) is 0 Å². The molecule has 0 radical (unpaired) electrons. The average Bonchev–Trinajstić information content (AvgIpc) is 3.93. The third-order valence-electron chi connectivity index (χ3n) is 10.2. The van der Waals surface area contributed by atoms with Crippen LogP contribution in [0.5, 0.6) is 0 Å². The third kappa shape index (κ3) is 9.05. The van der Waals surface area contributed by atoms with Crippen LogP contribution < -0.4 is 21.6 Å². The number of rotatable bonds is 10. The van der Waals surface area contributed by atoms with Crippen molar-refractivity contribution in [1.82, 2.24) is 44.2 Å². The lowest BCUT2D eigenvalue weighted by Crippen LogP contribution is -2.47. The SMILES string of the molecule is CC(C)OC(=O)[C@@H](C)N[P@@]1(=O)OC[C@H]2O[C@@H](n3cnc4c(N)ncnc43)[C@](C)(Cl)[C@@H]2O1.CC(C)OC(=O)[C@@H](C)N[P@]1(=O)OC[C@H]2O[C@@H](n3cnc4c(N)ccnc43)[C@](C)(Cl)[C@@H]2O1. The van der Waals surface area contributed by atoms with Gasteiger partial charge in [-0.15, -0.1) is 23.2 Å². The second-order valence-electron chi connectivity index (χ2n) is 16.0. The molecule has 27 heteroatoms. The van der Waals surface area contributed by atoms with Crippen LogP contribution in [0, 0.1) is 0 Å². The van der Waals surface area contributed by atoms with Crippen molar-refractivity contribution in [2.45, 2.75) is 126 Å². The fourth-order valence-corrected chi connectivity index (χ4v) is 11.6. The molecular formula is C35H49Cl2N11O12P2. The summed E-state index contributed by atoms with van der Waals surface area (Å²) in [6.45, 7) is 13.2. The number of ether oxygens (including phenoxy) is 4. The maximum absolute atomic E-state index is 13.2. The number of anilines is 2. The van der Waals surface area contributed by atoms with Crippen LogP contribution in [0.2, 0.25) is 0 Å². The van der Waals surface area contributed by atoms with E-state index in [9.17, 15) is 18.7 Å². The Morgan fingerprint density at radius 1 is 0.758 bits per heavy atom. The Morgan fingerprint density at radius 2 is 1.21 bits per heavy atom. The predicted octanol–water partition coefficient (Wildman–Crippen LogP) is 4.12. The van der Waals surface area contributed by atoms with Gasteiger partial charge in [0.2, 0.25) is 0 Å². The van der Waals surface area contributed by atoms with E-state index in [0.29, 0.717) is 28.0 Å². The summed E-state index contributed by atoms with van der Waals surface area (Å²) in [5.41, 5.74) is 14.2. The maximum atomic E-state index is 13.2. The number of alkyl halides is 2. The Hall–Kier alpha value is -3.57. The maximum Gasteiger partial charge on any atom is 0.406 e. The Kier molecular flexibility index (Phi) is 13.1. The fourth-order valence-electron chi connectivity index (χ4n) is 7.27. The second-order valence-corrected chi connectivity index (χ2v) is 21.0. The number of imidazole rings is 2. The number of carbonyl (C=O) groups excluding carboxylic acids is 2.